The highest BCUT2D eigenvalue weighted by Crippen LogP contribution is 2.43. The van der Waals surface area contributed by atoms with Gasteiger partial charge < -0.3 is 11.1 Å². The number of carbonyl (C=O) groups excluding carboxylic acids is 1. The number of nitrogens with zero attached hydrogens (tertiary/aromatic N) is 2. The van der Waals surface area contributed by atoms with E-state index in [0.29, 0.717) is 5.56 Å². The summed E-state index contributed by atoms with van der Waals surface area (Å²) in [5, 5.41) is 8.07. The molecule has 0 saturated carbocycles. The molecule has 27 heavy (non-hydrogen) atoms. The standard InChI is InChI=1S/C22H18N4O/c1-13-6-8-14(9-7-13)20-16-10-11-26-21(16)19(17(12-24-26)22(23)27)15-4-2-3-5-18(15)25-20/h2-12,20,25H,1H3,(H2,23,27). The molecule has 2 aromatic carbocycles. The van der Waals surface area contributed by atoms with Crippen LogP contribution in [0, 0.1) is 6.92 Å². The van der Waals surface area contributed by atoms with Crippen molar-refractivity contribution in [3.63, 3.8) is 0 Å². The minimum atomic E-state index is -0.476. The van der Waals surface area contributed by atoms with Crippen LogP contribution in [-0.2, 0) is 0 Å². The van der Waals surface area contributed by atoms with Crippen molar-refractivity contribution in [2.75, 3.05) is 5.32 Å². The number of anilines is 1. The third-order valence-corrected chi connectivity index (χ3v) is 5.20. The molecule has 5 nitrogen and oxygen atoms in total. The van der Waals surface area contributed by atoms with Gasteiger partial charge in [0.25, 0.3) is 5.91 Å². The molecule has 1 unspecified atom stereocenters. The molecule has 132 valence electrons. The summed E-state index contributed by atoms with van der Waals surface area (Å²) in [4.78, 5) is 12.1. The van der Waals surface area contributed by atoms with E-state index in [9.17, 15) is 4.79 Å². The monoisotopic (exact) mass is 354 g/mol. The topological polar surface area (TPSA) is 72.4 Å². The van der Waals surface area contributed by atoms with Crippen molar-refractivity contribution >= 4 is 17.1 Å². The van der Waals surface area contributed by atoms with Crippen molar-refractivity contribution in [1.29, 1.82) is 0 Å². The maximum absolute atomic E-state index is 12.1. The predicted octanol–water partition coefficient (Wildman–Crippen LogP) is 3.92. The van der Waals surface area contributed by atoms with E-state index in [0.717, 1.165) is 33.5 Å². The van der Waals surface area contributed by atoms with Crippen LogP contribution in [0.2, 0.25) is 0 Å². The molecule has 0 bridgehead atoms. The molecule has 0 fully saturated rings. The lowest BCUT2D eigenvalue weighted by molar-refractivity contribution is 0.100. The summed E-state index contributed by atoms with van der Waals surface area (Å²) < 4.78 is 1.82. The molecule has 1 aliphatic heterocycles. The third kappa shape index (κ3) is 2.32. The number of primary amides is 1. The van der Waals surface area contributed by atoms with E-state index in [1.165, 1.54) is 5.56 Å². The summed E-state index contributed by atoms with van der Waals surface area (Å²) in [6, 6.07) is 18.5. The number of amides is 1. The Kier molecular flexibility index (Phi) is 3.31. The maximum Gasteiger partial charge on any atom is 0.251 e. The van der Waals surface area contributed by atoms with Crippen molar-refractivity contribution in [2.24, 2.45) is 5.73 Å². The summed E-state index contributed by atoms with van der Waals surface area (Å²) >= 11 is 0. The van der Waals surface area contributed by atoms with Gasteiger partial charge in [-0.1, -0.05) is 48.0 Å². The van der Waals surface area contributed by atoms with Gasteiger partial charge in [-0.2, -0.15) is 5.10 Å². The molecule has 2 aromatic heterocycles. The maximum atomic E-state index is 12.1. The lowest BCUT2D eigenvalue weighted by Crippen LogP contribution is -2.14. The van der Waals surface area contributed by atoms with Crippen LogP contribution in [0.3, 0.4) is 0 Å². The van der Waals surface area contributed by atoms with Gasteiger partial charge in [0.15, 0.2) is 0 Å². The largest absolute Gasteiger partial charge is 0.374 e. The van der Waals surface area contributed by atoms with Gasteiger partial charge in [0.05, 0.1) is 23.3 Å². The Morgan fingerprint density at radius 2 is 1.89 bits per heavy atom. The first-order valence-electron chi connectivity index (χ1n) is 8.86. The number of nitrogens with two attached hydrogens (primary N) is 1. The minimum absolute atomic E-state index is 0.0528. The molecule has 0 radical (unpaired) electrons. The fourth-order valence-electron chi connectivity index (χ4n) is 3.88. The van der Waals surface area contributed by atoms with Crippen molar-refractivity contribution in [3.05, 3.63) is 89.2 Å². The van der Waals surface area contributed by atoms with E-state index in [4.69, 9.17) is 5.73 Å². The van der Waals surface area contributed by atoms with E-state index >= 15 is 0 Å². The molecule has 1 atom stereocenters. The first-order valence-corrected chi connectivity index (χ1v) is 8.86. The molecular formula is C22H18N4O. The summed E-state index contributed by atoms with van der Waals surface area (Å²) in [7, 11) is 0. The highest BCUT2D eigenvalue weighted by atomic mass is 16.1. The average molecular weight is 354 g/mol. The molecular weight excluding hydrogens is 336 g/mol. The van der Waals surface area contributed by atoms with E-state index < -0.39 is 5.91 Å². The van der Waals surface area contributed by atoms with Crippen LogP contribution in [0.4, 0.5) is 5.69 Å². The van der Waals surface area contributed by atoms with Crippen LogP contribution in [0.25, 0.3) is 16.6 Å². The number of fused-ring (bicyclic) bond motifs is 2. The van der Waals surface area contributed by atoms with Gasteiger partial charge in [0.2, 0.25) is 0 Å². The smallest absolute Gasteiger partial charge is 0.251 e. The SMILES string of the molecule is Cc1ccc(C2Nc3ccccc3-c3c(C(N)=O)cnn4ccc2c34)cc1. The van der Waals surface area contributed by atoms with Crippen molar-refractivity contribution in [1.82, 2.24) is 9.61 Å². The van der Waals surface area contributed by atoms with Crippen LogP contribution in [-0.4, -0.2) is 15.5 Å². The Morgan fingerprint density at radius 3 is 2.67 bits per heavy atom. The second-order valence-electron chi connectivity index (χ2n) is 6.90. The van der Waals surface area contributed by atoms with Gasteiger partial charge in [0.1, 0.15) is 0 Å². The Bertz CT molecular complexity index is 1190. The molecule has 3 N–H and O–H groups in total. The zero-order valence-corrected chi connectivity index (χ0v) is 14.8. The highest BCUT2D eigenvalue weighted by Gasteiger charge is 2.28. The van der Waals surface area contributed by atoms with E-state index in [2.05, 4.69) is 47.7 Å². The highest BCUT2D eigenvalue weighted by molar-refractivity contribution is 6.06. The Hall–Kier alpha value is -3.60. The van der Waals surface area contributed by atoms with E-state index in [-0.39, 0.29) is 6.04 Å². The van der Waals surface area contributed by atoms with Crippen LogP contribution in [0.15, 0.2) is 67.0 Å². The van der Waals surface area contributed by atoms with Gasteiger partial charge in [-0.05, 0) is 24.6 Å². The van der Waals surface area contributed by atoms with Crippen LogP contribution in [0.5, 0.6) is 0 Å². The second-order valence-corrected chi connectivity index (χ2v) is 6.90. The molecule has 1 aliphatic rings. The lowest BCUT2D eigenvalue weighted by atomic mass is 9.96. The van der Waals surface area contributed by atoms with Crippen LogP contribution >= 0.6 is 0 Å². The Labute approximate surface area is 156 Å². The molecule has 5 rings (SSSR count). The first-order chi connectivity index (χ1) is 13.1. The molecule has 4 aromatic rings. The van der Waals surface area contributed by atoms with E-state index in [1.54, 1.807) is 6.20 Å². The van der Waals surface area contributed by atoms with Gasteiger partial charge in [-0.3, -0.25) is 4.79 Å². The number of carbonyl (C=O) groups is 1. The Morgan fingerprint density at radius 1 is 1.11 bits per heavy atom. The second kappa shape index (κ2) is 5.71. The van der Waals surface area contributed by atoms with Crippen LogP contribution < -0.4 is 11.1 Å². The van der Waals surface area contributed by atoms with Gasteiger partial charge >= 0.3 is 0 Å². The average Bonchev–Trinajstić information content (AvgIpc) is 3.04. The number of para-hydroxylation sites is 1. The fourth-order valence-corrected chi connectivity index (χ4v) is 3.88. The number of hydrogen-bond donors (Lipinski definition) is 2. The fraction of sp³-hybridized carbons (Fsp3) is 0.0909. The normalized spacial score (nSPS) is 15.1. The molecule has 5 heteroatoms. The number of aryl methyl sites for hydroxylation is 1. The summed E-state index contributed by atoms with van der Waals surface area (Å²) in [6.45, 7) is 2.08. The van der Waals surface area contributed by atoms with Crippen molar-refractivity contribution in [2.45, 2.75) is 13.0 Å². The number of aromatic nitrogens is 2. The lowest BCUT2D eigenvalue weighted by Gasteiger charge is -2.19. The van der Waals surface area contributed by atoms with E-state index in [1.807, 2.05) is 35.0 Å². The molecule has 1 amide bonds. The zero-order valence-electron chi connectivity index (χ0n) is 14.8. The Balaban J connectivity index is 1.88. The summed E-state index contributed by atoms with van der Waals surface area (Å²) in [5.74, 6) is -0.476. The predicted molar refractivity (Wildman–Crippen MR) is 106 cm³/mol. The number of rotatable bonds is 2. The summed E-state index contributed by atoms with van der Waals surface area (Å²) in [6.07, 6.45) is 3.48. The molecule has 0 spiro atoms. The molecule has 3 heterocycles. The minimum Gasteiger partial charge on any atom is -0.374 e. The van der Waals surface area contributed by atoms with Crippen molar-refractivity contribution in [3.8, 4) is 11.1 Å². The number of nitrogens with one attached hydrogen (secondary N) is 1. The third-order valence-electron chi connectivity index (χ3n) is 5.20. The summed E-state index contributed by atoms with van der Waals surface area (Å²) in [5.41, 5.74) is 13.2. The molecule has 0 aliphatic carbocycles. The molecule has 0 saturated heterocycles. The number of hydrogen-bond acceptors (Lipinski definition) is 3. The zero-order chi connectivity index (χ0) is 18.5. The van der Waals surface area contributed by atoms with Crippen molar-refractivity contribution < 1.29 is 4.79 Å². The quantitative estimate of drug-likeness (QED) is 0.573. The van der Waals surface area contributed by atoms with Crippen LogP contribution in [0.1, 0.15) is 33.1 Å². The first kappa shape index (κ1) is 15.6. The van der Waals surface area contributed by atoms with Gasteiger partial charge in [-0.15, -0.1) is 0 Å². The number of benzene rings is 2. The van der Waals surface area contributed by atoms with Gasteiger partial charge in [0, 0.05) is 28.6 Å². The van der Waals surface area contributed by atoms with Gasteiger partial charge in [-0.25, -0.2) is 4.52 Å².